The summed E-state index contributed by atoms with van der Waals surface area (Å²) in [6.07, 6.45) is 0. The second kappa shape index (κ2) is 4.57. The molecule has 0 N–H and O–H groups in total. The van der Waals surface area contributed by atoms with Crippen molar-refractivity contribution in [3.05, 3.63) is 53.4 Å². The molecule has 0 aliphatic rings. The first kappa shape index (κ1) is 10.4. The summed E-state index contributed by atoms with van der Waals surface area (Å²) in [7, 11) is 1.62. The number of rotatable bonds is 3. The van der Waals surface area contributed by atoms with Gasteiger partial charge < -0.3 is 4.74 Å². The monoisotopic (exact) mass is 213 g/mol. The van der Waals surface area contributed by atoms with Crippen LogP contribution in [-0.2, 0) is 0 Å². The van der Waals surface area contributed by atoms with Gasteiger partial charge in [-0.25, -0.2) is 0 Å². The number of ether oxygens (including phenoxy) is 1. The van der Waals surface area contributed by atoms with Crippen molar-refractivity contribution in [1.82, 2.24) is 0 Å². The van der Waals surface area contributed by atoms with Crippen LogP contribution in [0.2, 0.25) is 0 Å². The third kappa shape index (κ3) is 1.93. The highest BCUT2D eigenvalue weighted by Crippen LogP contribution is 2.30. The van der Waals surface area contributed by atoms with Gasteiger partial charge in [-0.3, -0.25) is 0 Å². The minimum Gasteiger partial charge on any atom is -0.497 e. The van der Waals surface area contributed by atoms with Crippen LogP contribution in [0, 0.1) is 4.91 Å². The first-order chi connectivity index (χ1) is 7.85. The Morgan fingerprint density at radius 3 is 2.31 bits per heavy atom. The standard InChI is InChI=1S/C13H11NO2/c1-16-11-8-6-10(7-9-11)12-4-2-3-5-13(12)14-15/h2-9H,1H3. The first-order valence-corrected chi connectivity index (χ1v) is 4.92. The zero-order chi connectivity index (χ0) is 11.4. The van der Waals surface area contributed by atoms with Crippen LogP contribution in [0.1, 0.15) is 0 Å². The van der Waals surface area contributed by atoms with Gasteiger partial charge in [0.1, 0.15) is 11.4 Å². The van der Waals surface area contributed by atoms with Crippen molar-refractivity contribution in [3.8, 4) is 16.9 Å². The Morgan fingerprint density at radius 1 is 1.00 bits per heavy atom. The number of nitrogens with zero attached hydrogens (tertiary/aromatic N) is 1. The Balaban J connectivity index is 2.46. The first-order valence-electron chi connectivity index (χ1n) is 4.92. The van der Waals surface area contributed by atoms with E-state index in [4.69, 9.17) is 4.74 Å². The van der Waals surface area contributed by atoms with Crippen molar-refractivity contribution in [2.45, 2.75) is 0 Å². The molecule has 16 heavy (non-hydrogen) atoms. The molecule has 0 atom stereocenters. The molecule has 0 fully saturated rings. The van der Waals surface area contributed by atoms with E-state index in [2.05, 4.69) is 5.18 Å². The molecular formula is C13H11NO2. The number of methoxy groups -OCH3 is 1. The van der Waals surface area contributed by atoms with Crippen LogP contribution in [0.4, 0.5) is 5.69 Å². The zero-order valence-electron chi connectivity index (χ0n) is 8.88. The Hall–Kier alpha value is -2.16. The van der Waals surface area contributed by atoms with Crippen LogP contribution in [0.3, 0.4) is 0 Å². The maximum Gasteiger partial charge on any atom is 0.118 e. The van der Waals surface area contributed by atoms with Crippen LogP contribution >= 0.6 is 0 Å². The van der Waals surface area contributed by atoms with E-state index in [0.717, 1.165) is 16.9 Å². The van der Waals surface area contributed by atoms with Crippen molar-refractivity contribution in [2.24, 2.45) is 5.18 Å². The normalized spacial score (nSPS) is 9.81. The molecule has 80 valence electrons. The molecule has 0 spiro atoms. The van der Waals surface area contributed by atoms with E-state index in [0.29, 0.717) is 5.69 Å². The van der Waals surface area contributed by atoms with Crippen LogP contribution in [0.25, 0.3) is 11.1 Å². The second-order valence-electron chi connectivity index (χ2n) is 3.34. The second-order valence-corrected chi connectivity index (χ2v) is 3.34. The molecule has 3 heteroatoms. The summed E-state index contributed by atoms with van der Waals surface area (Å²) in [5, 5.41) is 3.01. The third-order valence-electron chi connectivity index (χ3n) is 2.40. The van der Waals surface area contributed by atoms with Gasteiger partial charge in [-0.2, -0.15) is 0 Å². The maximum absolute atomic E-state index is 10.6. The van der Waals surface area contributed by atoms with Crippen molar-refractivity contribution in [3.63, 3.8) is 0 Å². The fraction of sp³-hybridized carbons (Fsp3) is 0.0769. The molecule has 2 aromatic carbocycles. The van der Waals surface area contributed by atoms with E-state index in [1.54, 1.807) is 19.2 Å². The highest BCUT2D eigenvalue weighted by atomic mass is 16.5. The van der Waals surface area contributed by atoms with Gasteiger partial charge in [0.25, 0.3) is 0 Å². The quantitative estimate of drug-likeness (QED) is 0.728. The van der Waals surface area contributed by atoms with Gasteiger partial charge in [0.05, 0.1) is 7.11 Å². The lowest BCUT2D eigenvalue weighted by molar-refractivity contribution is 0.415. The van der Waals surface area contributed by atoms with Gasteiger partial charge in [-0.1, -0.05) is 30.3 Å². The van der Waals surface area contributed by atoms with Gasteiger partial charge in [-0.05, 0) is 28.9 Å². The lowest BCUT2D eigenvalue weighted by Gasteiger charge is -2.04. The maximum atomic E-state index is 10.6. The topological polar surface area (TPSA) is 38.7 Å². The predicted molar refractivity (Wildman–Crippen MR) is 63.9 cm³/mol. The SMILES string of the molecule is COc1ccc(-c2ccccc2N=O)cc1. The fourth-order valence-corrected chi connectivity index (χ4v) is 1.57. The molecule has 0 saturated carbocycles. The summed E-state index contributed by atoms with van der Waals surface area (Å²) < 4.78 is 5.08. The number of nitroso groups, excluding NO2 is 1. The van der Waals surface area contributed by atoms with Gasteiger partial charge >= 0.3 is 0 Å². The molecule has 0 amide bonds. The van der Waals surface area contributed by atoms with E-state index in [9.17, 15) is 4.91 Å². The summed E-state index contributed by atoms with van der Waals surface area (Å²) in [6, 6.07) is 14.8. The van der Waals surface area contributed by atoms with E-state index in [1.807, 2.05) is 36.4 Å². The smallest absolute Gasteiger partial charge is 0.118 e. The van der Waals surface area contributed by atoms with Crippen molar-refractivity contribution in [2.75, 3.05) is 7.11 Å². The molecular weight excluding hydrogens is 202 g/mol. The summed E-state index contributed by atoms with van der Waals surface area (Å²) >= 11 is 0. The number of hydrogen-bond acceptors (Lipinski definition) is 3. The highest BCUT2D eigenvalue weighted by Gasteiger charge is 2.04. The Labute approximate surface area is 93.7 Å². The molecule has 0 bridgehead atoms. The fourth-order valence-electron chi connectivity index (χ4n) is 1.57. The molecule has 0 radical (unpaired) electrons. The molecule has 0 saturated heterocycles. The molecule has 2 rings (SSSR count). The summed E-state index contributed by atoms with van der Waals surface area (Å²) in [6.45, 7) is 0. The zero-order valence-corrected chi connectivity index (χ0v) is 8.88. The lowest BCUT2D eigenvalue weighted by atomic mass is 10.0. The third-order valence-corrected chi connectivity index (χ3v) is 2.40. The Bertz CT molecular complexity index is 492. The average molecular weight is 213 g/mol. The van der Waals surface area contributed by atoms with E-state index < -0.39 is 0 Å². The minimum absolute atomic E-state index is 0.452. The summed E-state index contributed by atoms with van der Waals surface area (Å²) in [4.78, 5) is 10.6. The van der Waals surface area contributed by atoms with Crippen LogP contribution in [0.15, 0.2) is 53.7 Å². The highest BCUT2D eigenvalue weighted by molar-refractivity contribution is 5.75. The summed E-state index contributed by atoms with van der Waals surface area (Å²) in [5.41, 5.74) is 2.24. The average Bonchev–Trinajstić information content (AvgIpc) is 2.39. The van der Waals surface area contributed by atoms with Crippen molar-refractivity contribution >= 4 is 5.69 Å². The Morgan fingerprint density at radius 2 is 1.69 bits per heavy atom. The van der Waals surface area contributed by atoms with Crippen molar-refractivity contribution < 1.29 is 4.74 Å². The minimum atomic E-state index is 0.452. The number of hydrogen-bond donors (Lipinski definition) is 0. The Kier molecular flexibility index (Phi) is 2.96. The molecule has 0 aromatic heterocycles. The van der Waals surface area contributed by atoms with E-state index >= 15 is 0 Å². The van der Waals surface area contributed by atoms with Gasteiger partial charge in [0.15, 0.2) is 0 Å². The van der Waals surface area contributed by atoms with E-state index in [1.165, 1.54) is 0 Å². The van der Waals surface area contributed by atoms with Crippen LogP contribution in [0.5, 0.6) is 5.75 Å². The van der Waals surface area contributed by atoms with Crippen LogP contribution < -0.4 is 4.74 Å². The van der Waals surface area contributed by atoms with E-state index in [-0.39, 0.29) is 0 Å². The molecule has 0 aliphatic carbocycles. The lowest BCUT2D eigenvalue weighted by Crippen LogP contribution is -1.83. The molecule has 0 aliphatic heterocycles. The molecule has 0 unspecified atom stereocenters. The molecule has 3 nitrogen and oxygen atoms in total. The van der Waals surface area contributed by atoms with Crippen LogP contribution in [-0.4, -0.2) is 7.11 Å². The summed E-state index contributed by atoms with van der Waals surface area (Å²) in [5.74, 6) is 0.792. The van der Waals surface area contributed by atoms with Gasteiger partial charge in [0.2, 0.25) is 0 Å². The number of benzene rings is 2. The largest absolute Gasteiger partial charge is 0.497 e. The predicted octanol–water partition coefficient (Wildman–Crippen LogP) is 3.76. The molecule has 2 aromatic rings. The van der Waals surface area contributed by atoms with Gasteiger partial charge in [-0.15, -0.1) is 4.91 Å². The van der Waals surface area contributed by atoms with Crippen molar-refractivity contribution in [1.29, 1.82) is 0 Å². The van der Waals surface area contributed by atoms with Gasteiger partial charge in [0, 0.05) is 5.56 Å². The molecule has 0 heterocycles.